The average Bonchev–Trinajstić information content (AvgIpc) is 2.62. The summed E-state index contributed by atoms with van der Waals surface area (Å²) in [5, 5.41) is 12.1. The van der Waals surface area contributed by atoms with E-state index in [1.54, 1.807) is 18.3 Å². The second-order valence-electron chi connectivity index (χ2n) is 6.71. The Labute approximate surface area is 148 Å². The summed E-state index contributed by atoms with van der Waals surface area (Å²) < 4.78 is 0. The van der Waals surface area contributed by atoms with Crippen LogP contribution < -0.4 is 11.1 Å². The molecule has 1 fully saturated rings. The fourth-order valence-electron chi connectivity index (χ4n) is 3.43. The van der Waals surface area contributed by atoms with Crippen LogP contribution in [0.5, 0.6) is 0 Å². The number of ketones is 1. The van der Waals surface area contributed by atoms with Crippen molar-refractivity contribution in [2.45, 2.75) is 25.8 Å². The fourth-order valence-corrected chi connectivity index (χ4v) is 3.43. The molecule has 2 atom stereocenters. The van der Waals surface area contributed by atoms with Crippen molar-refractivity contribution in [1.82, 2.24) is 10.2 Å². The SMILES string of the molecule is CC(=O)c1ccc(C(=N)C2C(N)=NC=CN2CC2CCCNC2)cc1. The van der Waals surface area contributed by atoms with Gasteiger partial charge in [-0.3, -0.25) is 4.79 Å². The summed E-state index contributed by atoms with van der Waals surface area (Å²) >= 11 is 0. The van der Waals surface area contributed by atoms with Gasteiger partial charge in [0.1, 0.15) is 11.9 Å². The van der Waals surface area contributed by atoms with E-state index in [2.05, 4.69) is 15.2 Å². The summed E-state index contributed by atoms with van der Waals surface area (Å²) in [5.41, 5.74) is 7.95. The lowest BCUT2D eigenvalue weighted by atomic mass is 9.95. The Morgan fingerprint density at radius 1 is 1.36 bits per heavy atom. The first kappa shape index (κ1) is 17.4. The zero-order valence-electron chi connectivity index (χ0n) is 14.5. The van der Waals surface area contributed by atoms with Gasteiger partial charge in [-0.2, -0.15) is 0 Å². The van der Waals surface area contributed by atoms with E-state index in [1.165, 1.54) is 19.8 Å². The number of aliphatic imine (C=N–C) groups is 1. The smallest absolute Gasteiger partial charge is 0.159 e. The van der Waals surface area contributed by atoms with Crippen molar-refractivity contribution in [3.05, 3.63) is 47.8 Å². The maximum Gasteiger partial charge on any atom is 0.159 e. The highest BCUT2D eigenvalue weighted by molar-refractivity contribution is 6.16. The number of hydrogen-bond acceptors (Lipinski definition) is 6. The van der Waals surface area contributed by atoms with E-state index >= 15 is 0 Å². The van der Waals surface area contributed by atoms with Crippen LogP contribution in [0.3, 0.4) is 0 Å². The van der Waals surface area contributed by atoms with Crippen LogP contribution in [0.25, 0.3) is 0 Å². The van der Waals surface area contributed by atoms with Crippen molar-refractivity contribution < 1.29 is 4.79 Å². The van der Waals surface area contributed by atoms with Crippen LogP contribution in [0.4, 0.5) is 0 Å². The molecule has 6 heteroatoms. The summed E-state index contributed by atoms with van der Waals surface area (Å²) in [6.45, 7) is 4.46. The van der Waals surface area contributed by atoms with Gasteiger partial charge in [-0.1, -0.05) is 24.3 Å². The van der Waals surface area contributed by atoms with Gasteiger partial charge in [0.2, 0.25) is 0 Å². The van der Waals surface area contributed by atoms with Gasteiger partial charge in [0, 0.05) is 24.5 Å². The van der Waals surface area contributed by atoms with Crippen molar-refractivity contribution in [3.63, 3.8) is 0 Å². The van der Waals surface area contributed by atoms with Gasteiger partial charge in [0.05, 0.1) is 5.71 Å². The molecule has 0 radical (unpaired) electrons. The third kappa shape index (κ3) is 3.96. The molecule has 2 unspecified atom stereocenters. The molecule has 1 aromatic carbocycles. The predicted molar refractivity (Wildman–Crippen MR) is 100 cm³/mol. The first-order valence-corrected chi connectivity index (χ1v) is 8.72. The first-order chi connectivity index (χ1) is 12.1. The molecule has 132 valence electrons. The zero-order chi connectivity index (χ0) is 17.8. The number of nitrogens with zero attached hydrogens (tertiary/aromatic N) is 2. The quantitative estimate of drug-likeness (QED) is 0.563. The van der Waals surface area contributed by atoms with Gasteiger partial charge >= 0.3 is 0 Å². The van der Waals surface area contributed by atoms with Gasteiger partial charge in [0.25, 0.3) is 0 Å². The summed E-state index contributed by atoms with van der Waals surface area (Å²) in [7, 11) is 0. The normalized spacial score (nSPS) is 23.2. The van der Waals surface area contributed by atoms with E-state index in [9.17, 15) is 4.79 Å². The van der Waals surface area contributed by atoms with E-state index in [0.717, 1.165) is 25.2 Å². The summed E-state index contributed by atoms with van der Waals surface area (Å²) in [6.07, 6.45) is 5.99. The number of benzene rings is 1. The number of carbonyl (C=O) groups is 1. The van der Waals surface area contributed by atoms with Gasteiger partial charge in [-0.15, -0.1) is 0 Å². The van der Waals surface area contributed by atoms with E-state index in [0.29, 0.717) is 23.0 Å². The highest BCUT2D eigenvalue weighted by Crippen LogP contribution is 2.19. The number of nitrogens with two attached hydrogens (primary N) is 1. The van der Waals surface area contributed by atoms with E-state index in [1.807, 2.05) is 18.3 Å². The molecule has 4 N–H and O–H groups in total. The average molecular weight is 339 g/mol. The molecule has 1 aromatic rings. The number of rotatable bonds is 5. The highest BCUT2D eigenvalue weighted by atomic mass is 16.1. The number of nitrogens with one attached hydrogen (secondary N) is 2. The maximum absolute atomic E-state index is 11.4. The summed E-state index contributed by atoms with van der Waals surface area (Å²) in [6, 6.07) is 6.77. The van der Waals surface area contributed by atoms with E-state index in [4.69, 9.17) is 11.1 Å². The molecular weight excluding hydrogens is 314 g/mol. The topological polar surface area (TPSA) is 94.6 Å². The van der Waals surface area contributed by atoms with Crippen molar-refractivity contribution in [3.8, 4) is 0 Å². The van der Waals surface area contributed by atoms with Crippen molar-refractivity contribution in [1.29, 1.82) is 5.41 Å². The lowest BCUT2D eigenvalue weighted by molar-refractivity contribution is 0.101. The predicted octanol–water partition coefficient (Wildman–Crippen LogP) is 1.77. The second kappa shape index (κ2) is 7.61. The molecule has 25 heavy (non-hydrogen) atoms. The minimum Gasteiger partial charge on any atom is -0.385 e. The second-order valence-corrected chi connectivity index (χ2v) is 6.71. The molecular formula is C19H25N5O. The summed E-state index contributed by atoms with van der Waals surface area (Å²) in [4.78, 5) is 17.8. The van der Waals surface area contributed by atoms with Crippen LogP contribution in [0.2, 0.25) is 0 Å². The Balaban J connectivity index is 1.78. The van der Waals surface area contributed by atoms with Crippen LogP contribution in [-0.4, -0.2) is 47.9 Å². The molecule has 0 aromatic heterocycles. The molecule has 0 amide bonds. The van der Waals surface area contributed by atoms with Crippen LogP contribution >= 0.6 is 0 Å². The molecule has 0 aliphatic carbocycles. The van der Waals surface area contributed by atoms with Crippen LogP contribution in [-0.2, 0) is 0 Å². The van der Waals surface area contributed by atoms with E-state index < -0.39 is 0 Å². The molecule has 0 saturated carbocycles. The number of carbonyl (C=O) groups excluding carboxylic acids is 1. The van der Waals surface area contributed by atoms with Gasteiger partial charge in [-0.25, -0.2) is 4.99 Å². The van der Waals surface area contributed by atoms with Crippen LogP contribution in [0.15, 0.2) is 41.7 Å². The van der Waals surface area contributed by atoms with Crippen LogP contribution in [0.1, 0.15) is 35.7 Å². The molecule has 3 rings (SSSR count). The fraction of sp³-hybridized carbons (Fsp3) is 0.421. The molecule has 1 saturated heterocycles. The van der Waals surface area contributed by atoms with Crippen molar-refractivity contribution in [2.75, 3.05) is 19.6 Å². The monoisotopic (exact) mass is 339 g/mol. The number of piperidine rings is 1. The lowest BCUT2D eigenvalue weighted by Gasteiger charge is -2.36. The Morgan fingerprint density at radius 3 is 2.72 bits per heavy atom. The van der Waals surface area contributed by atoms with Gasteiger partial charge < -0.3 is 21.4 Å². The minimum absolute atomic E-state index is 0.0196. The van der Waals surface area contributed by atoms with Crippen LogP contribution in [0, 0.1) is 11.3 Å². The largest absolute Gasteiger partial charge is 0.385 e. The minimum atomic E-state index is -0.366. The molecule has 0 spiro atoms. The maximum atomic E-state index is 11.4. The number of hydrogen-bond donors (Lipinski definition) is 3. The summed E-state index contributed by atoms with van der Waals surface area (Å²) in [5.74, 6) is 0.998. The highest BCUT2D eigenvalue weighted by Gasteiger charge is 2.29. The molecule has 2 aliphatic heterocycles. The lowest BCUT2D eigenvalue weighted by Crippen LogP contribution is -2.51. The number of Topliss-reactive ketones (excluding diaryl/α,β-unsaturated/α-hetero) is 1. The molecule has 2 heterocycles. The van der Waals surface area contributed by atoms with Crippen molar-refractivity contribution >= 4 is 17.3 Å². The van der Waals surface area contributed by atoms with Crippen molar-refractivity contribution in [2.24, 2.45) is 16.6 Å². The first-order valence-electron chi connectivity index (χ1n) is 8.72. The Morgan fingerprint density at radius 2 is 2.08 bits per heavy atom. The molecule has 0 bridgehead atoms. The third-order valence-electron chi connectivity index (χ3n) is 4.84. The molecule has 2 aliphatic rings. The third-order valence-corrected chi connectivity index (χ3v) is 4.84. The Bertz CT molecular complexity index is 701. The number of amidine groups is 1. The standard InChI is InChI=1S/C19H25N5O/c1-13(25)15-4-6-16(7-5-15)17(20)18-19(21)23-9-10-24(18)12-14-3-2-8-22-11-14/h4-7,9-10,14,18,20,22H,2-3,8,11-12H2,1H3,(H2,21,23). The van der Waals surface area contributed by atoms with E-state index in [-0.39, 0.29) is 11.8 Å². The Hall–Kier alpha value is -2.47. The van der Waals surface area contributed by atoms with Gasteiger partial charge in [-0.05, 0) is 44.3 Å². The molecule has 6 nitrogen and oxygen atoms in total. The zero-order valence-corrected chi connectivity index (χ0v) is 14.5. The van der Waals surface area contributed by atoms with Gasteiger partial charge in [0.15, 0.2) is 5.78 Å². The Kier molecular flexibility index (Phi) is 5.28.